The van der Waals surface area contributed by atoms with Crippen LogP contribution in [0.5, 0.6) is 23.0 Å². The zero-order chi connectivity index (χ0) is 32.5. The summed E-state index contributed by atoms with van der Waals surface area (Å²) in [4.78, 5) is 30.4. The molecule has 5 rings (SSSR count). The summed E-state index contributed by atoms with van der Waals surface area (Å²) in [6.45, 7) is 4.16. The van der Waals surface area contributed by atoms with Crippen molar-refractivity contribution < 1.29 is 38.0 Å². The first-order valence-corrected chi connectivity index (χ1v) is 15.2. The highest BCUT2D eigenvalue weighted by molar-refractivity contribution is 6.01. The second kappa shape index (κ2) is 15.5. The third kappa shape index (κ3) is 7.52. The maximum Gasteiger partial charge on any atom is 0.247 e. The van der Waals surface area contributed by atoms with Crippen LogP contribution < -0.4 is 18.9 Å². The number of nitrogens with zero attached hydrogens (tertiary/aromatic N) is 2. The minimum Gasteiger partial charge on any atom is -0.493 e. The molecule has 2 saturated heterocycles. The van der Waals surface area contributed by atoms with Gasteiger partial charge in [-0.3, -0.25) is 9.59 Å². The van der Waals surface area contributed by atoms with E-state index in [2.05, 4.69) is 0 Å². The van der Waals surface area contributed by atoms with Crippen LogP contribution in [0, 0.1) is 0 Å². The molecule has 0 N–H and O–H groups in total. The highest BCUT2D eigenvalue weighted by Crippen LogP contribution is 2.36. The number of benzene rings is 3. The number of hydrogen-bond donors (Lipinski definition) is 0. The van der Waals surface area contributed by atoms with Crippen LogP contribution in [0.3, 0.4) is 0 Å². The molecule has 2 amide bonds. The molecule has 0 atom stereocenters. The van der Waals surface area contributed by atoms with Gasteiger partial charge >= 0.3 is 0 Å². The number of methoxy groups -OCH3 is 4. The van der Waals surface area contributed by atoms with Crippen LogP contribution in [0.15, 0.2) is 72.8 Å². The molecule has 242 valence electrons. The molecule has 2 fully saturated rings. The molecule has 0 aliphatic carbocycles. The second-order valence-electron chi connectivity index (χ2n) is 10.7. The Labute approximate surface area is 269 Å². The van der Waals surface area contributed by atoms with E-state index in [0.717, 1.165) is 33.4 Å². The van der Waals surface area contributed by atoms with Crippen molar-refractivity contribution in [1.82, 2.24) is 9.80 Å². The molecule has 2 aliphatic rings. The van der Waals surface area contributed by atoms with Gasteiger partial charge in [0.25, 0.3) is 0 Å². The lowest BCUT2D eigenvalue weighted by Gasteiger charge is -2.26. The minimum atomic E-state index is -0.0980. The van der Waals surface area contributed by atoms with Crippen LogP contribution in [-0.4, -0.2) is 103 Å². The van der Waals surface area contributed by atoms with Crippen LogP contribution in [-0.2, 0) is 19.1 Å². The van der Waals surface area contributed by atoms with Gasteiger partial charge in [-0.15, -0.1) is 0 Å². The first kappa shape index (κ1) is 32.6. The van der Waals surface area contributed by atoms with Gasteiger partial charge in [0, 0.05) is 38.3 Å². The van der Waals surface area contributed by atoms with Gasteiger partial charge in [0.05, 0.1) is 54.9 Å². The van der Waals surface area contributed by atoms with Gasteiger partial charge in [-0.1, -0.05) is 36.4 Å². The topological polar surface area (TPSA) is 96.0 Å². The van der Waals surface area contributed by atoms with Gasteiger partial charge in [-0.05, 0) is 57.7 Å². The van der Waals surface area contributed by atoms with Crippen LogP contribution in [0.4, 0.5) is 0 Å². The molecule has 0 spiro atoms. The van der Waals surface area contributed by atoms with Gasteiger partial charge in [0.15, 0.2) is 23.0 Å². The van der Waals surface area contributed by atoms with Crippen molar-refractivity contribution in [3.8, 4) is 23.0 Å². The molecule has 0 bridgehead atoms. The molecule has 10 heteroatoms. The molecule has 10 nitrogen and oxygen atoms in total. The fraction of sp³-hybridized carbons (Fsp3) is 0.333. The van der Waals surface area contributed by atoms with Crippen molar-refractivity contribution in [2.45, 2.75) is 0 Å². The summed E-state index contributed by atoms with van der Waals surface area (Å²) in [7, 11) is 6.34. The highest BCUT2D eigenvalue weighted by Gasteiger charge is 2.20. The lowest BCUT2D eigenvalue weighted by Crippen LogP contribution is -2.39. The molecule has 2 aliphatic heterocycles. The maximum absolute atomic E-state index is 13.4. The van der Waals surface area contributed by atoms with Gasteiger partial charge in [0.2, 0.25) is 11.8 Å². The molecule has 46 heavy (non-hydrogen) atoms. The second-order valence-corrected chi connectivity index (χ2v) is 10.7. The zero-order valence-corrected chi connectivity index (χ0v) is 26.7. The quantitative estimate of drug-likeness (QED) is 0.307. The smallest absolute Gasteiger partial charge is 0.247 e. The Morgan fingerprint density at radius 2 is 0.848 bits per heavy atom. The van der Waals surface area contributed by atoms with Crippen molar-refractivity contribution in [3.63, 3.8) is 0 Å². The fourth-order valence-electron chi connectivity index (χ4n) is 5.50. The first-order chi connectivity index (χ1) is 22.4. The Hall–Kier alpha value is -4.80. The van der Waals surface area contributed by atoms with E-state index in [-0.39, 0.29) is 11.8 Å². The largest absolute Gasteiger partial charge is 0.493 e. The summed E-state index contributed by atoms with van der Waals surface area (Å²) in [5.74, 6) is 2.10. The monoisotopic (exact) mass is 628 g/mol. The summed E-state index contributed by atoms with van der Waals surface area (Å²) in [6.07, 6.45) is 3.32. The summed E-state index contributed by atoms with van der Waals surface area (Å²) in [5.41, 5.74) is 4.69. The maximum atomic E-state index is 13.4. The van der Waals surface area contributed by atoms with E-state index >= 15 is 0 Å². The Morgan fingerprint density at radius 3 is 1.17 bits per heavy atom. The standard InChI is InChI=1S/C36H40N2O8/c1-41-31-11-9-27(21-33(31)43-3)29(23-35(39)37-13-17-45-18-14-37)25-5-7-26(8-6-25)30(24-36(40)38-15-19-46-20-16-38)28-10-12-32(42-2)34(22-28)44-4/h5-12,21-24H,13-20H2,1-4H3/b29-23-,30-24+. The van der Waals surface area contributed by atoms with Crippen molar-refractivity contribution in [2.75, 3.05) is 81.0 Å². The third-order valence-electron chi connectivity index (χ3n) is 8.08. The molecular formula is C36H40N2O8. The number of amides is 2. The van der Waals surface area contributed by atoms with Gasteiger partial charge < -0.3 is 38.2 Å². The van der Waals surface area contributed by atoms with E-state index in [0.29, 0.717) is 75.6 Å². The van der Waals surface area contributed by atoms with Crippen LogP contribution >= 0.6 is 0 Å². The van der Waals surface area contributed by atoms with Crippen molar-refractivity contribution in [2.24, 2.45) is 0 Å². The number of rotatable bonds is 10. The highest BCUT2D eigenvalue weighted by atomic mass is 16.5. The third-order valence-corrected chi connectivity index (χ3v) is 8.08. The molecule has 3 aromatic rings. The summed E-state index contributed by atoms with van der Waals surface area (Å²) in [6, 6.07) is 19.0. The lowest BCUT2D eigenvalue weighted by molar-refractivity contribution is -0.130. The van der Waals surface area contributed by atoms with Crippen molar-refractivity contribution in [1.29, 1.82) is 0 Å². The molecule has 0 unspecified atom stereocenters. The van der Waals surface area contributed by atoms with Gasteiger partial charge in [0.1, 0.15) is 0 Å². The van der Waals surface area contributed by atoms with Crippen LogP contribution in [0.2, 0.25) is 0 Å². The van der Waals surface area contributed by atoms with Crippen LogP contribution in [0.1, 0.15) is 22.3 Å². The number of carbonyl (C=O) groups is 2. The Kier molecular flexibility index (Phi) is 11.0. The Morgan fingerprint density at radius 1 is 0.522 bits per heavy atom. The van der Waals surface area contributed by atoms with E-state index in [1.807, 2.05) is 60.7 Å². The fourth-order valence-corrected chi connectivity index (χ4v) is 5.50. The first-order valence-electron chi connectivity index (χ1n) is 15.2. The van der Waals surface area contributed by atoms with E-state index in [4.69, 9.17) is 28.4 Å². The van der Waals surface area contributed by atoms with Crippen molar-refractivity contribution >= 4 is 23.0 Å². The number of ether oxygens (including phenoxy) is 6. The SMILES string of the molecule is COc1ccc(/C(=C\C(=O)N2CCOCC2)c2ccc(/C(=C\C(=O)N3CCOCC3)c3ccc(OC)c(OC)c3)cc2)cc1OC. The Balaban J connectivity index is 1.57. The molecular weight excluding hydrogens is 588 g/mol. The minimum absolute atomic E-state index is 0.0980. The van der Waals surface area contributed by atoms with Crippen LogP contribution in [0.25, 0.3) is 11.1 Å². The molecule has 3 aromatic carbocycles. The van der Waals surface area contributed by atoms with Gasteiger partial charge in [-0.25, -0.2) is 0 Å². The molecule has 0 aromatic heterocycles. The zero-order valence-electron chi connectivity index (χ0n) is 26.7. The lowest BCUT2D eigenvalue weighted by atomic mass is 9.92. The average molecular weight is 629 g/mol. The van der Waals surface area contributed by atoms with E-state index < -0.39 is 0 Å². The molecule has 0 radical (unpaired) electrons. The Bertz CT molecular complexity index is 1470. The number of hydrogen-bond acceptors (Lipinski definition) is 8. The molecule has 2 heterocycles. The van der Waals surface area contributed by atoms with E-state index in [9.17, 15) is 9.59 Å². The number of carbonyl (C=O) groups excluding carboxylic acids is 2. The summed E-state index contributed by atoms with van der Waals surface area (Å²) >= 11 is 0. The predicted octanol–water partition coefficient (Wildman–Crippen LogP) is 4.30. The van der Waals surface area contributed by atoms with Crippen molar-refractivity contribution in [3.05, 3.63) is 95.1 Å². The molecule has 0 saturated carbocycles. The van der Waals surface area contributed by atoms with E-state index in [1.54, 1.807) is 50.4 Å². The predicted molar refractivity (Wildman–Crippen MR) is 174 cm³/mol. The summed E-state index contributed by atoms with van der Waals surface area (Å²) in [5, 5.41) is 0. The normalized spacial score (nSPS) is 15.7. The summed E-state index contributed by atoms with van der Waals surface area (Å²) < 4.78 is 32.9. The average Bonchev–Trinajstić information content (AvgIpc) is 3.12. The number of morpholine rings is 2. The van der Waals surface area contributed by atoms with E-state index in [1.165, 1.54) is 0 Å². The van der Waals surface area contributed by atoms with Gasteiger partial charge in [-0.2, -0.15) is 0 Å².